The van der Waals surface area contributed by atoms with Crippen molar-refractivity contribution in [3.63, 3.8) is 0 Å². The van der Waals surface area contributed by atoms with Crippen LogP contribution in [0.3, 0.4) is 0 Å². The van der Waals surface area contributed by atoms with E-state index in [9.17, 15) is 26.3 Å². The van der Waals surface area contributed by atoms with Gasteiger partial charge in [-0.3, -0.25) is 4.90 Å². The van der Waals surface area contributed by atoms with Gasteiger partial charge in [0.1, 0.15) is 0 Å². The molecule has 1 unspecified atom stereocenters. The molecule has 2 rings (SSSR count). The highest BCUT2D eigenvalue weighted by Crippen LogP contribution is 2.40. The standard InChI is InChI=1S/C18H24F6N2.ClH/c1-3-4-12(2)16(26-7-5-25-6-8-26)13-9-14(17(19,20)21)11-15(10-13)18(22,23)24;/h9-12,16,25H,3-8H2,1-2H3;1H/t12?,16-;/m1./s1. The Kier molecular flexibility index (Phi) is 8.44. The third-order valence-electron chi connectivity index (χ3n) is 4.78. The second-order valence-electron chi connectivity index (χ2n) is 6.84. The largest absolute Gasteiger partial charge is 0.416 e. The maximum Gasteiger partial charge on any atom is 0.416 e. The molecular formula is C18H25ClF6N2. The second kappa shape index (κ2) is 9.47. The zero-order valence-corrected chi connectivity index (χ0v) is 16.1. The van der Waals surface area contributed by atoms with Gasteiger partial charge < -0.3 is 5.32 Å². The summed E-state index contributed by atoms with van der Waals surface area (Å²) in [4.78, 5) is 1.99. The first-order valence-corrected chi connectivity index (χ1v) is 8.78. The van der Waals surface area contributed by atoms with Crippen LogP contribution < -0.4 is 5.32 Å². The highest BCUT2D eigenvalue weighted by atomic mass is 35.5. The van der Waals surface area contributed by atoms with Crippen LogP contribution in [-0.2, 0) is 12.4 Å². The van der Waals surface area contributed by atoms with Gasteiger partial charge in [-0.1, -0.05) is 20.3 Å². The van der Waals surface area contributed by atoms with Gasteiger partial charge in [0.2, 0.25) is 0 Å². The summed E-state index contributed by atoms with van der Waals surface area (Å²) in [6.45, 7) is 6.37. The van der Waals surface area contributed by atoms with Crippen molar-refractivity contribution in [1.29, 1.82) is 0 Å². The van der Waals surface area contributed by atoms with Crippen LogP contribution in [0.5, 0.6) is 0 Å². The Morgan fingerprint density at radius 1 is 0.963 bits per heavy atom. The zero-order chi connectivity index (χ0) is 19.5. The Bertz CT molecular complexity index is 564. The molecule has 27 heavy (non-hydrogen) atoms. The van der Waals surface area contributed by atoms with Gasteiger partial charge in [0.15, 0.2) is 0 Å². The van der Waals surface area contributed by atoms with E-state index < -0.39 is 29.5 Å². The van der Waals surface area contributed by atoms with Crippen LogP contribution in [0.1, 0.15) is 49.4 Å². The molecule has 0 bridgehead atoms. The summed E-state index contributed by atoms with van der Waals surface area (Å²) in [6, 6.07) is 1.49. The van der Waals surface area contributed by atoms with E-state index in [0.717, 1.165) is 25.0 Å². The molecule has 1 aromatic carbocycles. The van der Waals surface area contributed by atoms with Gasteiger partial charge in [0, 0.05) is 32.2 Å². The lowest BCUT2D eigenvalue weighted by molar-refractivity contribution is -0.143. The molecule has 0 amide bonds. The highest BCUT2D eigenvalue weighted by Gasteiger charge is 2.38. The SMILES string of the molecule is CCCC(C)[C@H](c1cc(C(F)(F)F)cc(C(F)(F)F)c1)N1CCNCC1.Cl. The number of rotatable bonds is 5. The van der Waals surface area contributed by atoms with Gasteiger partial charge in [-0.05, 0) is 36.1 Å². The van der Waals surface area contributed by atoms with E-state index in [1.165, 1.54) is 0 Å². The first kappa shape index (κ1) is 24.0. The fraction of sp³-hybridized carbons (Fsp3) is 0.667. The predicted molar refractivity (Wildman–Crippen MR) is 94.9 cm³/mol. The lowest BCUT2D eigenvalue weighted by atomic mass is 9.87. The van der Waals surface area contributed by atoms with Crippen LogP contribution in [-0.4, -0.2) is 31.1 Å². The molecule has 1 fully saturated rings. The molecule has 156 valence electrons. The number of nitrogens with zero attached hydrogens (tertiary/aromatic N) is 1. The van der Waals surface area contributed by atoms with E-state index in [2.05, 4.69) is 5.32 Å². The Labute approximate surface area is 161 Å². The van der Waals surface area contributed by atoms with E-state index in [-0.39, 0.29) is 30.0 Å². The van der Waals surface area contributed by atoms with Gasteiger partial charge in [-0.2, -0.15) is 26.3 Å². The molecule has 0 aromatic heterocycles. The lowest BCUT2D eigenvalue weighted by Gasteiger charge is -2.39. The predicted octanol–water partition coefficient (Wildman–Crippen LogP) is 5.53. The highest BCUT2D eigenvalue weighted by molar-refractivity contribution is 5.85. The minimum Gasteiger partial charge on any atom is -0.314 e. The molecule has 1 saturated heterocycles. The fourth-order valence-corrected chi connectivity index (χ4v) is 3.62. The smallest absolute Gasteiger partial charge is 0.314 e. The van der Waals surface area contributed by atoms with Crippen LogP contribution in [0.2, 0.25) is 0 Å². The molecular weight excluding hydrogens is 394 g/mol. The maximum absolute atomic E-state index is 13.2. The zero-order valence-electron chi connectivity index (χ0n) is 15.3. The van der Waals surface area contributed by atoms with Crippen molar-refractivity contribution in [3.8, 4) is 0 Å². The van der Waals surface area contributed by atoms with Crippen LogP contribution in [0.4, 0.5) is 26.3 Å². The van der Waals surface area contributed by atoms with Gasteiger partial charge in [0.25, 0.3) is 0 Å². The number of nitrogens with one attached hydrogen (secondary N) is 1. The molecule has 1 N–H and O–H groups in total. The maximum atomic E-state index is 13.2. The molecule has 0 aliphatic carbocycles. The van der Waals surface area contributed by atoms with Crippen molar-refractivity contribution in [3.05, 3.63) is 34.9 Å². The van der Waals surface area contributed by atoms with Crippen molar-refractivity contribution in [2.75, 3.05) is 26.2 Å². The number of piperazine rings is 1. The molecule has 1 aromatic rings. The molecule has 2 atom stereocenters. The number of hydrogen-bond acceptors (Lipinski definition) is 2. The minimum absolute atomic E-state index is 0. The van der Waals surface area contributed by atoms with Crippen molar-refractivity contribution in [1.82, 2.24) is 10.2 Å². The normalized spacial score (nSPS) is 18.7. The van der Waals surface area contributed by atoms with Crippen LogP contribution in [0.15, 0.2) is 18.2 Å². The first-order valence-electron chi connectivity index (χ1n) is 8.78. The number of halogens is 7. The number of hydrogen-bond donors (Lipinski definition) is 1. The van der Waals surface area contributed by atoms with Crippen molar-refractivity contribution in [2.24, 2.45) is 5.92 Å². The van der Waals surface area contributed by atoms with E-state index in [1.54, 1.807) is 0 Å². The molecule has 9 heteroatoms. The minimum atomic E-state index is -4.82. The summed E-state index contributed by atoms with van der Waals surface area (Å²) >= 11 is 0. The molecule has 0 spiro atoms. The number of alkyl halides is 6. The van der Waals surface area contributed by atoms with E-state index in [0.29, 0.717) is 26.2 Å². The Balaban J connectivity index is 0.00000364. The van der Waals surface area contributed by atoms with Gasteiger partial charge in [-0.15, -0.1) is 12.4 Å². The molecule has 2 nitrogen and oxygen atoms in total. The lowest BCUT2D eigenvalue weighted by Crippen LogP contribution is -2.46. The summed E-state index contributed by atoms with van der Waals surface area (Å²) in [5, 5.41) is 3.16. The monoisotopic (exact) mass is 418 g/mol. The molecule has 0 radical (unpaired) electrons. The van der Waals surface area contributed by atoms with Crippen LogP contribution in [0, 0.1) is 5.92 Å². The Morgan fingerprint density at radius 3 is 1.85 bits per heavy atom. The summed E-state index contributed by atoms with van der Waals surface area (Å²) in [7, 11) is 0. The Hall–Kier alpha value is -0.990. The number of benzene rings is 1. The fourth-order valence-electron chi connectivity index (χ4n) is 3.62. The average molecular weight is 419 g/mol. The third kappa shape index (κ3) is 6.26. The van der Waals surface area contributed by atoms with Gasteiger partial charge in [-0.25, -0.2) is 0 Å². The molecule has 1 aliphatic rings. The summed E-state index contributed by atoms with van der Waals surface area (Å²) in [5.41, 5.74) is -2.40. The summed E-state index contributed by atoms with van der Waals surface area (Å²) in [6.07, 6.45) is -8.10. The summed E-state index contributed by atoms with van der Waals surface area (Å²) in [5.74, 6) is -0.0531. The second-order valence-corrected chi connectivity index (χ2v) is 6.84. The van der Waals surface area contributed by atoms with E-state index in [1.807, 2.05) is 18.7 Å². The van der Waals surface area contributed by atoms with E-state index >= 15 is 0 Å². The Morgan fingerprint density at radius 2 is 1.44 bits per heavy atom. The van der Waals surface area contributed by atoms with E-state index in [4.69, 9.17) is 0 Å². The van der Waals surface area contributed by atoms with Gasteiger partial charge >= 0.3 is 12.4 Å². The van der Waals surface area contributed by atoms with Crippen LogP contribution >= 0.6 is 12.4 Å². The molecule has 1 heterocycles. The third-order valence-corrected chi connectivity index (χ3v) is 4.78. The average Bonchev–Trinajstić information content (AvgIpc) is 2.54. The van der Waals surface area contributed by atoms with Crippen molar-refractivity contribution in [2.45, 2.75) is 45.1 Å². The van der Waals surface area contributed by atoms with Gasteiger partial charge in [0.05, 0.1) is 11.1 Å². The quantitative estimate of drug-likeness (QED) is 0.632. The topological polar surface area (TPSA) is 15.3 Å². The molecule has 1 aliphatic heterocycles. The van der Waals surface area contributed by atoms with Crippen molar-refractivity contribution >= 4 is 12.4 Å². The van der Waals surface area contributed by atoms with Crippen molar-refractivity contribution < 1.29 is 26.3 Å². The van der Waals surface area contributed by atoms with Crippen LogP contribution in [0.25, 0.3) is 0 Å². The molecule has 0 saturated carbocycles. The summed E-state index contributed by atoms with van der Waals surface area (Å²) < 4.78 is 79.2. The first-order chi connectivity index (χ1) is 12.0.